The first-order valence-electron chi connectivity index (χ1n) is 8.55. The number of benzene rings is 1. The second-order valence-electron chi connectivity index (χ2n) is 6.43. The minimum absolute atomic E-state index is 0.178. The van der Waals surface area contributed by atoms with Crippen LogP contribution in [0.2, 0.25) is 4.34 Å². The van der Waals surface area contributed by atoms with Crippen LogP contribution < -0.4 is 10.9 Å². The number of hydrogen-bond donors (Lipinski definition) is 2. The maximum Gasteiger partial charge on any atom is 0.323 e. The Balaban J connectivity index is 1.79. The molecule has 28 heavy (non-hydrogen) atoms. The van der Waals surface area contributed by atoms with Crippen LogP contribution in [0.25, 0.3) is 10.7 Å². The SMILES string of the molecule is O=C(O)Cn1c(-c2ccc(Cl)s2)nc2c(c1=O)N[C@H](c1ccc(F)cc1)CC2. The Morgan fingerprint density at radius 3 is 2.71 bits per heavy atom. The van der Waals surface area contributed by atoms with Crippen molar-refractivity contribution in [2.45, 2.75) is 25.4 Å². The molecule has 0 radical (unpaired) electrons. The van der Waals surface area contributed by atoms with Crippen LogP contribution in [0.3, 0.4) is 0 Å². The van der Waals surface area contributed by atoms with Gasteiger partial charge in [-0.15, -0.1) is 11.3 Å². The smallest absolute Gasteiger partial charge is 0.323 e. The number of anilines is 1. The Morgan fingerprint density at radius 2 is 2.07 bits per heavy atom. The Kier molecular flexibility index (Phi) is 4.91. The van der Waals surface area contributed by atoms with E-state index < -0.39 is 18.1 Å². The number of halogens is 2. The molecule has 3 aromatic rings. The summed E-state index contributed by atoms with van der Waals surface area (Å²) < 4.78 is 14.9. The second kappa shape index (κ2) is 7.37. The van der Waals surface area contributed by atoms with E-state index in [4.69, 9.17) is 11.6 Å². The van der Waals surface area contributed by atoms with E-state index in [-0.39, 0.29) is 17.5 Å². The quantitative estimate of drug-likeness (QED) is 0.669. The molecule has 0 bridgehead atoms. The Labute approximate surface area is 168 Å². The molecule has 0 fully saturated rings. The molecule has 6 nitrogen and oxygen atoms in total. The molecule has 0 saturated carbocycles. The van der Waals surface area contributed by atoms with Crippen LogP contribution in [0.5, 0.6) is 0 Å². The number of rotatable bonds is 4. The first-order chi connectivity index (χ1) is 13.4. The molecule has 144 valence electrons. The van der Waals surface area contributed by atoms with Crippen LogP contribution in [-0.4, -0.2) is 20.6 Å². The highest BCUT2D eigenvalue weighted by Gasteiger charge is 2.26. The van der Waals surface area contributed by atoms with E-state index in [1.54, 1.807) is 24.3 Å². The van der Waals surface area contributed by atoms with Crippen LogP contribution in [0.1, 0.15) is 23.7 Å². The van der Waals surface area contributed by atoms with Crippen molar-refractivity contribution < 1.29 is 14.3 Å². The van der Waals surface area contributed by atoms with Gasteiger partial charge in [0.1, 0.15) is 18.0 Å². The zero-order valence-electron chi connectivity index (χ0n) is 14.5. The van der Waals surface area contributed by atoms with E-state index in [0.29, 0.717) is 33.6 Å². The number of carboxylic acids is 1. The van der Waals surface area contributed by atoms with Crippen molar-refractivity contribution in [3.05, 3.63) is 68.2 Å². The van der Waals surface area contributed by atoms with E-state index in [2.05, 4.69) is 10.3 Å². The van der Waals surface area contributed by atoms with Crippen molar-refractivity contribution in [1.82, 2.24) is 9.55 Å². The summed E-state index contributed by atoms with van der Waals surface area (Å²) in [5, 5.41) is 12.4. The van der Waals surface area contributed by atoms with Crippen LogP contribution in [-0.2, 0) is 17.8 Å². The number of carbonyl (C=O) groups is 1. The number of hydrogen-bond acceptors (Lipinski definition) is 5. The van der Waals surface area contributed by atoms with Crippen molar-refractivity contribution in [3.8, 4) is 10.7 Å². The normalized spacial score (nSPS) is 15.7. The summed E-state index contributed by atoms with van der Waals surface area (Å²) in [4.78, 5) is 29.6. The van der Waals surface area contributed by atoms with Gasteiger partial charge < -0.3 is 10.4 Å². The van der Waals surface area contributed by atoms with Crippen molar-refractivity contribution in [3.63, 3.8) is 0 Å². The zero-order valence-corrected chi connectivity index (χ0v) is 16.1. The first-order valence-corrected chi connectivity index (χ1v) is 9.75. The Morgan fingerprint density at radius 1 is 1.32 bits per heavy atom. The lowest BCUT2D eigenvalue weighted by molar-refractivity contribution is -0.137. The fourth-order valence-corrected chi connectivity index (χ4v) is 4.34. The second-order valence-corrected chi connectivity index (χ2v) is 8.15. The van der Waals surface area contributed by atoms with Gasteiger partial charge in [0.25, 0.3) is 5.56 Å². The summed E-state index contributed by atoms with van der Waals surface area (Å²) in [5.74, 6) is -1.17. The molecule has 0 spiro atoms. The average molecular weight is 420 g/mol. The lowest BCUT2D eigenvalue weighted by Crippen LogP contribution is -2.33. The molecule has 0 amide bonds. The van der Waals surface area contributed by atoms with E-state index >= 15 is 0 Å². The molecular weight excluding hydrogens is 405 g/mol. The summed E-state index contributed by atoms with van der Waals surface area (Å²) in [6, 6.07) is 9.31. The molecule has 2 aromatic heterocycles. The fraction of sp³-hybridized carbons (Fsp3) is 0.211. The highest BCUT2D eigenvalue weighted by molar-refractivity contribution is 7.19. The van der Waals surface area contributed by atoms with Gasteiger partial charge in [0, 0.05) is 0 Å². The summed E-state index contributed by atoms with van der Waals surface area (Å²) in [6.07, 6.45) is 1.22. The molecule has 0 aliphatic carbocycles. The van der Waals surface area contributed by atoms with E-state index in [9.17, 15) is 19.1 Å². The lowest BCUT2D eigenvalue weighted by atomic mass is 9.96. The van der Waals surface area contributed by atoms with Gasteiger partial charge in [-0.05, 0) is 42.7 Å². The third-order valence-electron chi connectivity index (χ3n) is 4.59. The molecule has 1 atom stereocenters. The van der Waals surface area contributed by atoms with Gasteiger partial charge in [0.2, 0.25) is 0 Å². The number of nitrogens with one attached hydrogen (secondary N) is 1. The molecule has 1 aliphatic heterocycles. The third-order valence-corrected chi connectivity index (χ3v) is 5.82. The summed E-state index contributed by atoms with van der Waals surface area (Å²) in [5.41, 5.74) is 1.28. The third kappa shape index (κ3) is 3.53. The van der Waals surface area contributed by atoms with Gasteiger partial charge in [-0.1, -0.05) is 23.7 Å². The molecule has 1 aliphatic rings. The topological polar surface area (TPSA) is 84.2 Å². The van der Waals surface area contributed by atoms with Crippen molar-refractivity contribution >= 4 is 34.6 Å². The van der Waals surface area contributed by atoms with Crippen molar-refractivity contribution in [2.24, 2.45) is 0 Å². The molecule has 1 aromatic carbocycles. The predicted molar refractivity (Wildman–Crippen MR) is 106 cm³/mol. The van der Waals surface area contributed by atoms with E-state index in [1.807, 2.05) is 0 Å². The maximum atomic E-state index is 13.2. The summed E-state index contributed by atoms with van der Waals surface area (Å²) >= 11 is 7.23. The first kappa shape index (κ1) is 18.6. The highest BCUT2D eigenvalue weighted by Crippen LogP contribution is 2.34. The number of aryl methyl sites for hydroxylation is 1. The molecule has 0 unspecified atom stereocenters. The van der Waals surface area contributed by atoms with Crippen LogP contribution >= 0.6 is 22.9 Å². The highest BCUT2D eigenvalue weighted by atomic mass is 35.5. The number of fused-ring (bicyclic) bond motifs is 1. The molecule has 2 N–H and O–H groups in total. The zero-order chi connectivity index (χ0) is 19.8. The monoisotopic (exact) mass is 419 g/mol. The average Bonchev–Trinajstić information content (AvgIpc) is 3.10. The maximum absolute atomic E-state index is 13.2. The fourth-order valence-electron chi connectivity index (χ4n) is 3.30. The number of nitrogens with zero attached hydrogens (tertiary/aromatic N) is 2. The molecule has 9 heteroatoms. The Hall–Kier alpha value is -2.71. The number of thiophene rings is 1. The minimum Gasteiger partial charge on any atom is -0.480 e. The van der Waals surface area contributed by atoms with E-state index in [1.165, 1.54) is 23.5 Å². The van der Waals surface area contributed by atoms with Gasteiger partial charge in [-0.25, -0.2) is 9.37 Å². The minimum atomic E-state index is -1.14. The number of aliphatic carboxylic acids is 1. The molecular formula is C19H15ClFN3O3S. The van der Waals surface area contributed by atoms with Gasteiger partial charge in [0.05, 0.1) is 20.9 Å². The summed E-state index contributed by atoms with van der Waals surface area (Å²) in [6.45, 7) is -0.507. The van der Waals surface area contributed by atoms with Crippen molar-refractivity contribution in [2.75, 3.05) is 5.32 Å². The lowest BCUT2D eigenvalue weighted by Gasteiger charge is -2.27. The molecule has 4 rings (SSSR count). The van der Waals surface area contributed by atoms with Gasteiger partial charge >= 0.3 is 5.97 Å². The standard InChI is InChI=1S/C19H15ClFN3O3S/c20-15-8-7-14(28-15)18-23-13-6-5-12(10-1-3-11(21)4-2-10)22-17(13)19(27)24(18)9-16(25)26/h1-4,7-8,12,22H,5-6,9H2,(H,25,26)/t12-/m0/s1. The number of aromatic nitrogens is 2. The van der Waals surface area contributed by atoms with Gasteiger partial charge in [-0.2, -0.15) is 0 Å². The van der Waals surface area contributed by atoms with Crippen LogP contribution in [0, 0.1) is 5.82 Å². The van der Waals surface area contributed by atoms with Crippen LogP contribution in [0.15, 0.2) is 41.2 Å². The predicted octanol–water partition coefficient (Wildman–Crippen LogP) is 3.95. The molecule has 3 heterocycles. The largest absolute Gasteiger partial charge is 0.480 e. The van der Waals surface area contributed by atoms with E-state index in [0.717, 1.165) is 10.1 Å². The van der Waals surface area contributed by atoms with Gasteiger partial charge in [0.15, 0.2) is 5.82 Å². The van der Waals surface area contributed by atoms with Crippen molar-refractivity contribution in [1.29, 1.82) is 0 Å². The van der Waals surface area contributed by atoms with Gasteiger partial charge in [-0.3, -0.25) is 14.2 Å². The number of carboxylic acid groups (broad SMARTS) is 1. The molecule has 0 saturated heterocycles. The summed E-state index contributed by atoms with van der Waals surface area (Å²) in [7, 11) is 0. The Bertz CT molecular complexity index is 1110. The van der Waals surface area contributed by atoms with Crippen LogP contribution in [0.4, 0.5) is 10.1 Å².